The van der Waals surface area contributed by atoms with Gasteiger partial charge in [0.05, 0.1) is 12.2 Å². The summed E-state index contributed by atoms with van der Waals surface area (Å²) in [6.45, 7) is 0. The first-order valence-corrected chi connectivity index (χ1v) is 6.13. The minimum Gasteiger partial charge on any atom is -0.274 e. The minimum atomic E-state index is -0.354. The fourth-order valence-electron chi connectivity index (χ4n) is 1.45. The quantitative estimate of drug-likeness (QED) is 0.751. The van der Waals surface area contributed by atoms with Gasteiger partial charge in [-0.2, -0.15) is 0 Å². The number of rotatable bonds is 3. The van der Waals surface area contributed by atoms with Crippen LogP contribution in [-0.4, -0.2) is 47.0 Å². The molecule has 1 aromatic rings. The van der Waals surface area contributed by atoms with Gasteiger partial charge in [0.2, 0.25) is 0 Å². The third kappa shape index (κ3) is 2.65. The van der Waals surface area contributed by atoms with E-state index in [1.54, 1.807) is 31.2 Å². The van der Waals surface area contributed by atoms with Gasteiger partial charge in [0.1, 0.15) is 6.04 Å². The molecule has 0 aliphatic carbocycles. The van der Waals surface area contributed by atoms with Crippen LogP contribution in [0.4, 0.5) is 0 Å². The molecule has 90 valence electrons. The standard InChI is InChI=1S/C11H13N3O2S/c1-14(16-2)11(15)9-7-17-10(13-9)8-3-5-12-6-4-8/h3-6,9H,7H2,1-2H3. The van der Waals surface area contributed by atoms with E-state index in [-0.39, 0.29) is 11.9 Å². The third-order valence-electron chi connectivity index (χ3n) is 2.45. The maximum atomic E-state index is 11.8. The second-order valence-electron chi connectivity index (χ2n) is 3.52. The van der Waals surface area contributed by atoms with Gasteiger partial charge in [-0.05, 0) is 12.1 Å². The summed E-state index contributed by atoms with van der Waals surface area (Å²) in [5.41, 5.74) is 1.00. The van der Waals surface area contributed by atoms with E-state index in [2.05, 4.69) is 9.98 Å². The number of hydroxylamine groups is 2. The topological polar surface area (TPSA) is 54.8 Å². The molecule has 2 rings (SSSR count). The smallest absolute Gasteiger partial charge is 0.271 e. The highest BCUT2D eigenvalue weighted by molar-refractivity contribution is 8.14. The van der Waals surface area contributed by atoms with Crippen LogP contribution in [0.5, 0.6) is 0 Å². The van der Waals surface area contributed by atoms with Crippen LogP contribution in [0.1, 0.15) is 5.56 Å². The van der Waals surface area contributed by atoms with E-state index in [4.69, 9.17) is 4.84 Å². The van der Waals surface area contributed by atoms with Crippen LogP contribution >= 0.6 is 11.8 Å². The number of amides is 1. The van der Waals surface area contributed by atoms with Crippen molar-refractivity contribution in [3.05, 3.63) is 30.1 Å². The number of carbonyl (C=O) groups excluding carboxylic acids is 1. The predicted octanol–water partition coefficient (Wildman–Crippen LogP) is 0.963. The van der Waals surface area contributed by atoms with Gasteiger partial charge in [0, 0.05) is 30.8 Å². The minimum absolute atomic E-state index is 0.121. The highest BCUT2D eigenvalue weighted by Crippen LogP contribution is 2.23. The summed E-state index contributed by atoms with van der Waals surface area (Å²) in [6.07, 6.45) is 3.43. The van der Waals surface area contributed by atoms with Crippen LogP contribution in [0.25, 0.3) is 0 Å². The monoisotopic (exact) mass is 251 g/mol. The van der Waals surface area contributed by atoms with Gasteiger partial charge in [0.15, 0.2) is 0 Å². The Hall–Kier alpha value is -1.40. The van der Waals surface area contributed by atoms with Crippen LogP contribution < -0.4 is 0 Å². The summed E-state index contributed by atoms with van der Waals surface area (Å²) in [7, 11) is 3.06. The Morgan fingerprint density at radius 2 is 2.24 bits per heavy atom. The Labute approximate surface area is 104 Å². The third-order valence-corrected chi connectivity index (χ3v) is 3.54. The molecule has 1 atom stereocenters. The highest BCUT2D eigenvalue weighted by Gasteiger charge is 2.28. The molecule has 0 fully saturated rings. The molecule has 0 saturated heterocycles. The Morgan fingerprint density at radius 1 is 1.53 bits per heavy atom. The zero-order chi connectivity index (χ0) is 12.3. The Balaban J connectivity index is 2.12. The van der Waals surface area contributed by atoms with Crippen molar-refractivity contribution in [1.29, 1.82) is 0 Å². The van der Waals surface area contributed by atoms with E-state index < -0.39 is 0 Å². The molecule has 0 N–H and O–H groups in total. The van der Waals surface area contributed by atoms with Crippen molar-refractivity contribution in [2.75, 3.05) is 19.9 Å². The molecule has 2 heterocycles. The first-order chi connectivity index (χ1) is 8.22. The number of carbonyl (C=O) groups is 1. The summed E-state index contributed by atoms with van der Waals surface area (Å²) >= 11 is 1.58. The zero-order valence-electron chi connectivity index (χ0n) is 9.66. The lowest BCUT2D eigenvalue weighted by Crippen LogP contribution is -2.34. The van der Waals surface area contributed by atoms with Crippen molar-refractivity contribution in [1.82, 2.24) is 10.0 Å². The van der Waals surface area contributed by atoms with Crippen LogP contribution in [0.15, 0.2) is 29.5 Å². The lowest BCUT2D eigenvalue weighted by Gasteiger charge is -2.15. The molecule has 5 nitrogen and oxygen atoms in total. The van der Waals surface area contributed by atoms with Gasteiger partial charge in [-0.25, -0.2) is 5.06 Å². The van der Waals surface area contributed by atoms with Gasteiger partial charge < -0.3 is 0 Å². The summed E-state index contributed by atoms with van der Waals surface area (Å²) < 4.78 is 0. The second kappa shape index (κ2) is 5.29. The van der Waals surface area contributed by atoms with Gasteiger partial charge in [-0.3, -0.25) is 19.6 Å². The van der Waals surface area contributed by atoms with E-state index in [9.17, 15) is 4.79 Å². The molecule has 0 bridgehead atoms. The molecular formula is C11H13N3O2S. The molecule has 1 amide bonds. The highest BCUT2D eigenvalue weighted by atomic mass is 32.2. The lowest BCUT2D eigenvalue weighted by atomic mass is 10.3. The van der Waals surface area contributed by atoms with Gasteiger partial charge in [-0.15, -0.1) is 11.8 Å². The van der Waals surface area contributed by atoms with Gasteiger partial charge in [0.25, 0.3) is 5.91 Å². The number of hydrogen-bond donors (Lipinski definition) is 0. The number of pyridine rings is 1. The maximum absolute atomic E-state index is 11.8. The average Bonchev–Trinajstić information content (AvgIpc) is 2.87. The number of hydrogen-bond acceptors (Lipinski definition) is 5. The SMILES string of the molecule is CON(C)C(=O)C1CSC(c2ccncc2)=N1. The van der Waals surface area contributed by atoms with Crippen LogP contribution in [0.2, 0.25) is 0 Å². The molecule has 17 heavy (non-hydrogen) atoms. The van der Waals surface area contributed by atoms with Crippen molar-refractivity contribution in [3.8, 4) is 0 Å². The van der Waals surface area contributed by atoms with E-state index in [1.807, 2.05) is 12.1 Å². The first-order valence-electron chi connectivity index (χ1n) is 5.15. The number of aromatic nitrogens is 1. The Kier molecular flexibility index (Phi) is 3.75. The first kappa shape index (κ1) is 12.1. The lowest BCUT2D eigenvalue weighted by molar-refractivity contribution is -0.169. The summed E-state index contributed by atoms with van der Waals surface area (Å²) in [5.74, 6) is 0.536. The van der Waals surface area contributed by atoms with Gasteiger partial charge >= 0.3 is 0 Å². The van der Waals surface area contributed by atoms with Crippen LogP contribution in [0.3, 0.4) is 0 Å². The van der Waals surface area contributed by atoms with E-state index >= 15 is 0 Å². The predicted molar refractivity (Wildman–Crippen MR) is 66.8 cm³/mol. The van der Waals surface area contributed by atoms with E-state index in [0.717, 1.165) is 10.6 Å². The number of nitrogens with zero attached hydrogens (tertiary/aromatic N) is 3. The molecule has 6 heteroatoms. The summed E-state index contributed by atoms with van der Waals surface area (Å²) in [5, 5.41) is 2.10. The Morgan fingerprint density at radius 3 is 2.88 bits per heavy atom. The molecule has 1 aromatic heterocycles. The normalized spacial score (nSPS) is 18.9. The number of likely N-dealkylation sites (N-methyl/N-ethyl adjacent to an activating group) is 1. The van der Waals surface area contributed by atoms with E-state index in [0.29, 0.717) is 5.75 Å². The van der Waals surface area contributed by atoms with Gasteiger partial charge in [-0.1, -0.05) is 0 Å². The largest absolute Gasteiger partial charge is 0.274 e. The zero-order valence-corrected chi connectivity index (χ0v) is 10.5. The maximum Gasteiger partial charge on any atom is 0.271 e. The van der Waals surface area contributed by atoms with Crippen molar-refractivity contribution < 1.29 is 9.63 Å². The van der Waals surface area contributed by atoms with Crippen molar-refractivity contribution >= 4 is 22.7 Å². The molecule has 1 aliphatic heterocycles. The van der Waals surface area contributed by atoms with Crippen molar-refractivity contribution in [2.24, 2.45) is 4.99 Å². The molecule has 1 aliphatic rings. The fraction of sp³-hybridized carbons (Fsp3) is 0.364. The molecule has 0 spiro atoms. The second-order valence-corrected chi connectivity index (χ2v) is 4.52. The Bertz CT molecular complexity index is 436. The number of thioether (sulfide) groups is 1. The summed E-state index contributed by atoms with van der Waals surface area (Å²) in [6, 6.07) is 3.42. The molecular weight excluding hydrogens is 238 g/mol. The molecule has 1 unspecified atom stereocenters. The fourth-order valence-corrected chi connectivity index (χ4v) is 2.49. The molecule has 0 saturated carbocycles. The number of aliphatic imine (C=N–C) groups is 1. The van der Waals surface area contributed by atoms with Crippen molar-refractivity contribution in [2.45, 2.75) is 6.04 Å². The summed E-state index contributed by atoms with van der Waals surface area (Å²) in [4.78, 5) is 25.0. The van der Waals surface area contributed by atoms with Crippen LogP contribution in [-0.2, 0) is 9.63 Å². The molecule has 0 radical (unpaired) electrons. The van der Waals surface area contributed by atoms with Crippen molar-refractivity contribution in [3.63, 3.8) is 0 Å². The molecule has 0 aromatic carbocycles. The average molecular weight is 251 g/mol. The van der Waals surface area contributed by atoms with Crippen LogP contribution in [0, 0.1) is 0 Å². The van der Waals surface area contributed by atoms with E-state index in [1.165, 1.54) is 12.2 Å².